The zero-order chi connectivity index (χ0) is 15.2. The lowest BCUT2D eigenvalue weighted by atomic mass is 10.4. The van der Waals surface area contributed by atoms with Gasteiger partial charge in [-0.2, -0.15) is 5.10 Å². The lowest BCUT2D eigenvalue weighted by molar-refractivity contribution is 0.596. The summed E-state index contributed by atoms with van der Waals surface area (Å²) in [6.07, 6.45) is 1.58. The van der Waals surface area contributed by atoms with Crippen LogP contribution in [0.3, 0.4) is 0 Å². The van der Waals surface area contributed by atoms with Gasteiger partial charge in [0.25, 0.3) is 0 Å². The molecule has 0 atom stereocenters. The van der Waals surface area contributed by atoms with Crippen LogP contribution in [0.2, 0.25) is 0 Å². The summed E-state index contributed by atoms with van der Waals surface area (Å²) < 4.78 is 27.0. The van der Waals surface area contributed by atoms with Gasteiger partial charge in [0.1, 0.15) is 4.90 Å². The summed E-state index contributed by atoms with van der Waals surface area (Å²) >= 11 is 0. The van der Waals surface area contributed by atoms with Crippen LogP contribution in [0.1, 0.15) is 11.4 Å². The van der Waals surface area contributed by atoms with Gasteiger partial charge in [0.2, 0.25) is 9.84 Å². The van der Waals surface area contributed by atoms with Crippen LogP contribution >= 0.6 is 0 Å². The molecule has 0 bridgehead atoms. The fourth-order valence-corrected chi connectivity index (χ4v) is 3.75. The predicted octanol–water partition coefficient (Wildman–Crippen LogP) is 1.76. The number of sulfone groups is 1. The first-order valence-electron chi connectivity index (χ1n) is 6.33. The molecule has 2 N–H and O–H groups in total. The van der Waals surface area contributed by atoms with Crippen LogP contribution < -0.4 is 5.73 Å². The molecule has 7 heteroatoms. The molecule has 0 unspecified atom stereocenters. The van der Waals surface area contributed by atoms with Crippen molar-refractivity contribution in [2.45, 2.75) is 23.6 Å². The maximum absolute atomic E-state index is 12.8. The van der Waals surface area contributed by atoms with Crippen LogP contribution in [-0.4, -0.2) is 23.0 Å². The highest BCUT2D eigenvalue weighted by Crippen LogP contribution is 2.27. The normalized spacial score (nSPS) is 11.9. The van der Waals surface area contributed by atoms with Crippen molar-refractivity contribution in [1.29, 1.82) is 0 Å². The Kier molecular flexibility index (Phi) is 2.94. The minimum absolute atomic E-state index is 0.122. The number of hydrogen-bond donors (Lipinski definition) is 1. The first-order valence-corrected chi connectivity index (χ1v) is 7.82. The molecule has 0 aliphatic rings. The summed E-state index contributed by atoms with van der Waals surface area (Å²) in [7, 11) is -3.67. The molecule has 3 aromatic rings. The summed E-state index contributed by atoms with van der Waals surface area (Å²) in [5.74, 6) is 0. The molecule has 0 amide bonds. The summed E-state index contributed by atoms with van der Waals surface area (Å²) in [6.45, 7) is 3.38. The molecular weight excluding hydrogens is 288 g/mol. The molecule has 2 aromatic heterocycles. The molecule has 1 aromatic carbocycles. The highest BCUT2D eigenvalue weighted by Gasteiger charge is 2.26. The second-order valence-corrected chi connectivity index (χ2v) is 6.67. The summed E-state index contributed by atoms with van der Waals surface area (Å²) in [4.78, 5) is 4.63. The van der Waals surface area contributed by atoms with Crippen molar-refractivity contribution in [1.82, 2.24) is 14.6 Å². The Morgan fingerprint density at radius 1 is 1.10 bits per heavy atom. The second kappa shape index (κ2) is 4.56. The second-order valence-electron chi connectivity index (χ2n) is 4.78. The summed E-state index contributed by atoms with van der Waals surface area (Å²) in [5.41, 5.74) is 7.53. The average Bonchev–Trinajstić information content (AvgIpc) is 2.76. The number of aryl methyl sites for hydroxylation is 2. The van der Waals surface area contributed by atoms with Crippen molar-refractivity contribution >= 4 is 21.2 Å². The third-order valence-corrected chi connectivity index (χ3v) is 5.19. The highest BCUT2D eigenvalue weighted by atomic mass is 32.2. The number of aromatic nitrogens is 3. The third-order valence-electron chi connectivity index (χ3n) is 3.28. The van der Waals surface area contributed by atoms with E-state index < -0.39 is 9.84 Å². The van der Waals surface area contributed by atoms with Gasteiger partial charge < -0.3 is 5.73 Å². The smallest absolute Gasteiger partial charge is 0.212 e. The molecule has 108 valence electrons. The Morgan fingerprint density at radius 2 is 1.76 bits per heavy atom. The molecule has 6 nitrogen and oxygen atoms in total. The molecule has 2 heterocycles. The van der Waals surface area contributed by atoms with Crippen molar-refractivity contribution in [2.75, 3.05) is 5.73 Å². The highest BCUT2D eigenvalue weighted by molar-refractivity contribution is 7.91. The number of nitrogen functional groups attached to an aromatic ring is 1. The number of hydrogen-bond acceptors (Lipinski definition) is 5. The number of nitrogens with zero attached hydrogens (tertiary/aromatic N) is 3. The Balaban J connectivity index is 2.35. The lowest BCUT2D eigenvalue weighted by Crippen LogP contribution is -2.05. The number of anilines is 1. The van der Waals surface area contributed by atoms with E-state index in [1.54, 1.807) is 50.4 Å². The maximum Gasteiger partial charge on any atom is 0.212 e. The van der Waals surface area contributed by atoms with E-state index in [2.05, 4.69) is 10.1 Å². The monoisotopic (exact) mass is 302 g/mol. The SMILES string of the molecule is Cc1nc2c(S(=O)(=O)c3ccccc3)c(C)nn2cc1N. The lowest BCUT2D eigenvalue weighted by Gasteiger charge is -2.04. The maximum atomic E-state index is 12.8. The fraction of sp³-hybridized carbons (Fsp3) is 0.143. The number of fused-ring (bicyclic) bond motifs is 1. The zero-order valence-electron chi connectivity index (χ0n) is 11.6. The van der Waals surface area contributed by atoms with E-state index in [9.17, 15) is 8.42 Å². The van der Waals surface area contributed by atoms with Gasteiger partial charge in [-0.05, 0) is 26.0 Å². The largest absolute Gasteiger partial charge is 0.396 e. The minimum atomic E-state index is -3.67. The molecule has 0 aliphatic carbocycles. The van der Waals surface area contributed by atoms with Gasteiger partial charge in [-0.3, -0.25) is 0 Å². The molecule has 0 saturated carbocycles. The molecule has 0 fully saturated rings. The Morgan fingerprint density at radius 3 is 2.43 bits per heavy atom. The van der Waals surface area contributed by atoms with E-state index in [-0.39, 0.29) is 9.79 Å². The predicted molar refractivity (Wildman–Crippen MR) is 78.8 cm³/mol. The van der Waals surface area contributed by atoms with Gasteiger partial charge >= 0.3 is 0 Å². The standard InChI is InChI=1S/C14H14N4O2S/c1-9-12(15)8-18-14(16-9)13(10(2)17-18)21(19,20)11-6-4-3-5-7-11/h3-8H,15H2,1-2H3. The fourth-order valence-electron chi connectivity index (χ4n) is 2.19. The van der Waals surface area contributed by atoms with E-state index in [1.807, 2.05) is 0 Å². The van der Waals surface area contributed by atoms with Crippen LogP contribution in [0.25, 0.3) is 5.65 Å². The van der Waals surface area contributed by atoms with Crippen LogP contribution in [0.5, 0.6) is 0 Å². The van der Waals surface area contributed by atoms with Crippen molar-refractivity contribution in [3.63, 3.8) is 0 Å². The average molecular weight is 302 g/mol. The summed E-state index contributed by atoms with van der Waals surface area (Å²) in [5, 5.41) is 4.20. The summed E-state index contributed by atoms with van der Waals surface area (Å²) in [6, 6.07) is 8.26. The van der Waals surface area contributed by atoms with Crippen LogP contribution in [-0.2, 0) is 9.84 Å². The van der Waals surface area contributed by atoms with Crippen molar-refractivity contribution in [3.05, 3.63) is 47.9 Å². The van der Waals surface area contributed by atoms with Gasteiger partial charge in [0, 0.05) is 0 Å². The quantitative estimate of drug-likeness (QED) is 0.779. The molecule has 0 spiro atoms. The van der Waals surface area contributed by atoms with Crippen molar-refractivity contribution < 1.29 is 8.42 Å². The van der Waals surface area contributed by atoms with Gasteiger partial charge in [-0.1, -0.05) is 18.2 Å². The van der Waals surface area contributed by atoms with E-state index in [0.717, 1.165) is 0 Å². The number of rotatable bonds is 2. The van der Waals surface area contributed by atoms with Gasteiger partial charge in [0.15, 0.2) is 5.65 Å². The van der Waals surface area contributed by atoms with Gasteiger partial charge in [-0.15, -0.1) is 0 Å². The Hall–Kier alpha value is -2.41. The molecule has 0 radical (unpaired) electrons. The number of benzene rings is 1. The van der Waals surface area contributed by atoms with Gasteiger partial charge in [0.05, 0.1) is 28.2 Å². The van der Waals surface area contributed by atoms with Crippen LogP contribution in [0.4, 0.5) is 5.69 Å². The number of nitrogens with two attached hydrogens (primary N) is 1. The minimum Gasteiger partial charge on any atom is -0.396 e. The van der Waals surface area contributed by atoms with E-state index in [4.69, 9.17) is 5.73 Å². The molecule has 21 heavy (non-hydrogen) atoms. The van der Waals surface area contributed by atoms with E-state index in [1.165, 1.54) is 4.52 Å². The van der Waals surface area contributed by atoms with Crippen LogP contribution in [0, 0.1) is 13.8 Å². The zero-order valence-corrected chi connectivity index (χ0v) is 12.4. The Bertz CT molecular complexity index is 931. The van der Waals surface area contributed by atoms with Crippen LogP contribution in [0.15, 0.2) is 46.3 Å². The first-order chi connectivity index (χ1) is 9.91. The molecule has 3 rings (SSSR count). The topological polar surface area (TPSA) is 90.3 Å². The molecule has 0 saturated heterocycles. The molecule has 0 aliphatic heterocycles. The van der Waals surface area contributed by atoms with Crippen molar-refractivity contribution in [3.8, 4) is 0 Å². The Labute approximate surface area is 122 Å². The van der Waals surface area contributed by atoms with E-state index >= 15 is 0 Å². The first kappa shape index (κ1) is 13.6. The van der Waals surface area contributed by atoms with Crippen molar-refractivity contribution in [2.24, 2.45) is 0 Å². The molecular formula is C14H14N4O2S. The van der Waals surface area contributed by atoms with E-state index in [0.29, 0.717) is 22.7 Å². The third kappa shape index (κ3) is 2.06. The van der Waals surface area contributed by atoms with Gasteiger partial charge in [-0.25, -0.2) is 17.9 Å².